The Hall–Kier alpha value is -1.54. The highest BCUT2D eigenvalue weighted by Crippen LogP contribution is 2.19. The van der Waals surface area contributed by atoms with E-state index in [0.717, 1.165) is 18.7 Å². The molecule has 96 valence electrons. The fourth-order valence-electron chi connectivity index (χ4n) is 1.18. The molecule has 0 saturated heterocycles. The van der Waals surface area contributed by atoms with E-state index in [4.69, 9.17) is 0 Å². The first-order chi connectivity index (χ1) is 8.69. The average molecular weight is 283 g/mol. The van der Waals surface area contributed by atoms with Crippen LogP contribution in [0.2, 0.25) is 0 Å². The van der Waals surface area contributed by atoms with Crippen molar-refractivity contribution < 1.29 is 4.79 Å². The van der Waals surface area contributed by atoms with Crippen LogP contribution in [0.5, 0.6) is 0 Å². The van der Waals surface area contributed by atoms with Crippen molar-refractivity contribution in [3.05, 3.63) is 16.1 Å². The molecule has 0 atom stereocenters. The second kappa shape index (κ2) is 5.87. The molecule has 0 radical (unpaired) electrons. The van der Waals surface area contributed by atoms with Gasteiger partial charge in [0.15, 0.2) is 5.13 Å². The lowest BCUT2D eigenvalue weighted by Crippen LogP contribution is -2.11. The molecule has 0 aromatic carbocycles. The fourth-order valence-corrected chi connectivity index (χ4v) is 2.53. The number of nitrogens with zero attached hydrogens (tertiary/aromatic N) is 3. The largest absolute Gasteiger partial charge is 0.360 e. The van der Waals surface area contributed by atoms with Crippen LogP contribution in [-0.4, -0.2) is 27.6 Å². The van der Waals surface area contributed by atoms with Crippen molar-refractivity contribution in [2.45, 2.75) is 20.3 Å². The number of amides is 1. The molecule has 0 aliphatic carbocycles. The third-order valence-corrected chi connectivity index (χ3v) is 3.74. The van der Waals surface area contributed by atoms with E-state index < -0.39 is 0 Å². The van der Waals surface area contributed by atoms with E-state index >= 15 is 0 Å². The van der Waals surface area contributed by atoms with Gasteiger partial charge in [0.25, 0.3) is 5.91 Å². The van der Waals surface area contributed by atoms with Gasteiger partial charge in [-0.3, -0.25) is 10.1 Å². The number of aromatic nitrogens is 3. The maximum atomic E-state index is 11.8. The summed E-state index contributed by atoms with van der Waals surface area (Å²) in [5.74, 6) is -0.272. The molecule has 2 aromatic heterocycles. The normalized spacial score (nSPS) is 10.3. The lowest BCUT2D eigenvalue weighted by molar-refractivity contribution is 0.102. The summed E-state index contributed by atoms with van der Waals surface area (Å²) < 4.78 is 0. The molecule has 0 spiro atoms. The summed E-state index contributed by atoms with van der Waals surface area (Å²) in [6, 6.07) is 0. The van der Waals surface area contributed by atoms with Crippen LogP contribution >= 0.6 is 22.7 Å². The highest BCUT2D eigenvalue weighted by molar-refractivity contribution is 7.17. The van der Waals surface area contributed by atoms with Crippen molar-refractivity contribution in [2.24, 2.45) is 0 Å². The van der Waals surface area contributed by atoms with E-state index in [9.17, 15) is 4.79 Å². The van der Waals surface area contributed by atoms with Crippen LogP contribution in [-0.2, 0) is 0 Å². The van der Waals surface area contributed by atoms with Gasteiger partial charge in [0.05, 0.1) is 5.69 Å². The third kappa shape index (κ3) is 3.23. The van der Waals surface area contributed by atoms with Gasteiger partial charge in [-0.05, 0) is 13.3 Å². The minimum atomic E-state index is -0.272. The van der Waals surface area contributed by atoms with Gasteiger partial charge >= 0.3 is 0 Å². The van der Waals surface area contributed by atoms with Crippen molar-refractivity contribution in [1.29, 1.82) is 0 Å². The molecule has 0 saturated carbocycles. The van der Waals surface area contributed by atoms with Crippen molar-refractivity contribution in [1.82, 2.24) is 15.2 Å². The summed E-state index contributed by atoms with van der Waals surface area (Å²) in [4.78, 5) is 16.0. The van der Waals surface area contributed by atoms with E-state index in [1.54, 1.807) is 0 Å². The molecule has 2 N–H and O–H groups in total. The van der Waals surface area contributed by atoms with Crippen LogP contribution in [0.4, 0.5) is 10.3 Å². The quantitative estimate of drug-likeness (QED) is 0.880. The third-order valence-electron chi connectivity index (χ3n) is 1.98. The highest BCUT2D eigenvalue weighted by atomic mass is 32.1. The average Bonchev–Trinajstić information content (AvgIpc) is 2.96. The maximum Gasteiger partial charge on any atom is 0.288 e. The zero-order valence-electron chi connectivity index (χ0n) is 10.1. The Balaban J connectivity index is 1.98. The van der Waals surface area contributed by atoms with Gasteiger partial charge in [-0.1, -0.05) is 18.3 Å². The first kappa shape index (κ1) is 12.9. The van der Waals surface area contributed by atoms with E-state index in [-0.39, 0.29) is 5.91 Å². The zero-order chi connectivity index (χ0) is 13.0. The Morgan fingerprint density at radius 3 is 2.89 bits per heavy atom. The standard InChI is InChI=1S/C10H13N5OS2/c1-3-4-11-9-15-14-8(18-9)7(16)13-10-12-6(2)5-17-10/h5H,3-4H2,1-2H3,(H,11,15)(H,12,13,16). The SMILES string of the molecule is CCCNc1nnc(C(=O)Nc2nc(C)cs2)s1. The van der Waals surface area contributed by atoms with E-state index in [1.807, 2.05) is 12.3 Å². The summed E-state index contributed by atoms with van der Waals surface area (Å²) >= 11 is 2.63. The van der Waals surface area contributed by atoms with Crippen molar-refractivity contribution in [3.63, 3.8) is 0 Å². The molecule has 18 heavy (non-hydrogen) atoms. The predicted molar refractivity (Wildman–Crippen MR) is 73.5 cm³/mol. The summed E-state index contributed by atoms with van der Waals surface area (Å²) in [7, 11) is 0. The number of anilines is 2. The topological polar surface area (TPSA) is 79.8 Å². The molecule has 0 aliphatic rings. The Morgan fingerprint density at radius 1 is 1.39 bits per heavy atom. The lowest BCUT2D eigenvalue weighted by atomic mass is 10.5. The van der Waals surface area contributed by atoms with E-state index in [2.05, 4.69) is 32.7 Å². The first-order valence-electron chi connectivity index (χ1n) is 5.50. The number of carbonyl (C=O) groups is 1. The maximum absolute atomic E-state index is 11.8. The van der Waals surface area contributed by atoms with Crippen LogP contribution in [0.1, 0.15) is 28.8 Å². The molecule has 0 fully saturated rings. The van der Waals surface area contributed by atoms with Gasteiger partial charge in [-0.15, -0.1) is 21.5 Å². The highest BCUT2D eigenvalue weighted by Gasteiger charge is 2.14. The van der Waals surface area contributed by atoms with Gasteiger partial charge < -0.3 is 5.32 Å². The number of rotatable bonds is 5. The summed E-state index contributed by atoms with van der Waals surface area (Å²) in [5, 5.41) is 17.0. The number of hydrogen-bond acceptors (Lipinski definition) is 7. The molecule has 0 aliphatic heterocycles. The van der Waals surface area contributed by atoms with Gasteiger partial charge in [0.1, 0.15) is 0 Å². The van der Waals surface area contributed by atoms with Crippen molar-refractivity contribution >= 4 is 38.8 Å². The number of thiazole rings is 1. The molecular formula is C10H13N5OS2. The monoisotopic (exact) mass is 283 g/mol. The molecule has 0 unspecified atom stereocenters. The number of aryl methyl sites for hydroxylation is 1. The zero-order valence-corrected chi connectivity index (χ0v) is 11.7. The smallest absolute Gasteiger partial charge is 0.288 e. The number of hydrogen-bond donors (Lipinski definition) is 2. The second-order valence-electron chi connectivity index (χ2n) is 3.59. The Morgan fingerprint density at radius 2 is 2.22 bits per heavy atom. The lowest BCUT2D eigenvalue weighted by Gasteiger charge is -1.96. The fraction of sp³-hybridized carbons (Fsp3) is 0.400. The molecule has 0 bridgehead atoms. The molecular weight excluding hydrogens is 270 g/mol. The summed E-state index contributed by atoms with van der Waals surface area (Å²) in [5.41, 5.74) is 0.887. The number of carbonyl (C=O) groups excluding carboxylic acids is 1. The van der Waals surface area contributed by atoms with Crippen LogP contribution in [0.3, 0.4) is 0 Å². The minimum Gasteiger partial charge on any atom is -0.360 e. The molecule has 6 nitrogen and oxygen atoms in total. The second-order valence-corrected chi connectivity index (χ2v) is 5.42. The van der Waals surface area contributed by atoms with Gasteiger partial charge in [0, 0.05) is 11.9 Å². The van der Waals surface area contributed by atoms with Crippen LogP contribution in [0.25, 0.3) is 0 Å². The molecule has 8 heteroatoms. The summed E-state index contributed by atoms with van der Waals surface area (Å²) in [6.45, 7) is 4.76. The van der Waals surface area contributed by atoms with Gasteiger partial charge in [-0.25, -0.2) is 4.98 Å². The minimum absolute atomic E-state index is 0.272. The molecule has 2 rings (SSSR count). The van der Waals surface area contributed by atoms with Crippen LogP contribution in [0.15, 0.2) is 5.38 Å². The molecule has 2 heterocycles. The van der Waals surface area contributed by atoms with Crippen LogP contribution in [0, 0.1) is 6.92 Å². The van der Waals surface area contributed by atoms with Gasteiger partial charge in [-0.2, -0.15) is 0 Å². The predicted octanol–water partition coefficient (Wildman–Crippen LogP) is 2.38. The summed E-state index contributed by atoms with van der Waals surface area (Å²) in [6.07, 6.45) is 1.000. The Kier molecular flexibility index (Phi) is 4.21. The Labute approximate surface area is 112 Å². The van der Waals surface area contributed by atoms with Crippen LogP contribution < -0.4 is 10.6 Å². The molecule has 2 aromatic rings. The van der Waals surface area contributed by atoms with E-state index in [1.165, 1.54) is 22.7 Å². The number of nitrogens with one attached hydrogen (secondary N) is 2. The Bertz CT molecular complexity index is 536. The first-order valence-corrected chi connectivity index (χ1v) is 7.19. The van der Waals surface area contributed by atoms with Crippen molar-refractivity contribution in [2.75, 3.05) is 17.2 Å². The molecule has 1 amide bonds. The van der Waals surface area contributed by atoms with Crippen molar-refractivity contribution in [3.8, 4) is 0 Å². The van der Waals surface area contributed by atoms with E-state index in [0.29, 0.717) is 15.3 Å². The van der Waals surface area contributed by atoms with Gasteiger partial charge in [0.2, 0.25) is 10.1 Å².